The van der Waals surface area contributed by atoms with Gasteiger partial charge in [0.15, 0.2) is 0 Å². The van der Waals surface area contributed by atoms with Gasteiger partial charge in [-0.1, -0.05) is 18.6 Å². The van der Waals surface area contributed by atoms with Crippen molar-refractivity contribution in [2.75, 3.05) is 31.6 Å². The Bertz CT molecular complexity index is 565. The predicted molar refractivity (Wildman–Crippen MR) is 86.4 cm³/mol. The van der Waals surface area contributed by atoms with Gasteiger partial charge in [-0.25, -0.2) is 0 Å². The molecule has 1 unspecified atom stereocenters. The van der Waals surface area contributed by atoms with E-state index < -0.39 is 11.9 Å². The van der Waals surface area contributed by atoms with E-state index in [4.69, 9.17) is 5.11 Å². The lowest BCUT2D eigenvalue weighted by Gasteiger charge is -2.25. The zero-order valence-corrected chi connectivity index (χ0v) is 13.5. The topological polar surface area (TPSA) is 60.9 Å². The highest BCUT2D eigenvalue weighted by Gasteiger charge is 2.23. The summed E-state index contributed by atoms with van der Waals surface area (Å²) in [5.41, 5.74) is 2.66. The Kier molecular flexibility index (Phi) is 5.06. The Morgan fingerprint density at radius 3 is 2.55 bits per heavy atom. The Hall–Kier alpha value is -2.04. The summed E-state index contributed by atoms with van der Waals surface area (Å²) in [5.74, 6) is -1.57. The van der Waals surface area contributed by atoms with Crippen LogP contribution in [-0.4, -0.2) is 48.6 Å². The molecule has 0 saturated carbocycles. The number of carboxylic acids is 1. The van der Waals surface area contributed by atoms with E-state index >= 15 is 0 Å². The van der Waals surface area contributed by atoms with E-state index in [0.717, 1.165) is 37.2 Å². The monoisotopic (exact) mass is 304 g/mol. The summed E-state index contributed by atoms with van der Waals surface area (Å²) in [4.78, 5) is 27.5. The van der Waals surface area contributed by atoms with Gasteiger partial charge in [0.05, 0.1) is 11.5 Å². The quantitative estimate of drug-likeness (QED) is 0.907. The number of anilines is 1. The lowest BCUT2D eigenvalue weighted by Crippen LogP contribution is -2.34. The minimum Gasteiger partial charge on any atom is -0.481 e. The standard InChI is InChI=1S/C17H24N2O3/c1-12-6-7-15(19-8-4-5-9-19)14(10-12)16(20)18(3)11-13(2)17(21)22/h6-7,10,13H,4-5,8-9,11H2,1-3H3,(H,21,22). The number of carbonyl (C=O) groups excluding carboxylic acids is 1. The largest absolute Gasteiger partial charge is 0.481 e. The van der Waals surface area contributed by atoms with Crippen LogP contribution >= 0.6 is 0 Å². The van der Waals surface area contributed by atoms with Gasteiger partial charge in [-0.15, -0.1) is 0 Å². The fourth-order valence-corrected chi connectivity index (χ4v) is 2.83. The van der Waals surface area contributed by atoms with Gasteiger partial charge in [-0.05, 0) is 31.9 Å². The van der Waals surface area contributed by atoms with Crippen molar-refractivity contribution in [2.24, 2.45) is 5.92 Å². The summed E-state index contributed by atoms with van der Waals surface area (Å²) >= 11 is 0. The minimum atomic E-state index is -0.886. The van der Waals surface area contributed by atoms with Crippen LogP contribution in [0.3, 0.4) is 0 Å². The number of amides is 1. The SMILES string of the molecule is Cc1ccc(N2CCCC2)c(C(=O)N(C)CC(C)C(=O)O)c1. The van der Waals surface area contributed by atoms with E-state index in [1.807, 2.05) is 25.1 Å². The highest BCUT2D eigenvalue weighted by Crippen LogP contribution is 2.26. The van der Waals surface area contributed by atoms with Gasteiger partial charge >= 0.3 is 5.97 Å². The summed E-state index contributed by atoms with van der Waals surface area (Å²) in [7, 11) is 1.66. The summed E-state index contributed by atoms with van der Waals surface area (Å²) in [6, 6.07) is 5.92. The first-order valence-electron chi connectivity index (χ1n) is 7.74. The molecule has 1 saturated heterocycles. The molecule has 0 spiro atoms. The third-order valence-corrected chi connectivity index (χ3v) is 4.15. The molecule has 2 rings (SSSR count). The Balaban J connectivity index is 2.24. The number of rotatable bonds is 5. The second-order valence-corrected chi connectivity index (χ2v) is 6.14. The molecule has 1 fully saturated rings. The lowest BCUT2D eigenvalue weighted by molar-refractivity contribution is -0.141. The van der Waals surface area contributed by atoms with Crippen LogP contribution in [0.25, 0.3) is 0 Å². The molecule has 1 aliphatic rings. The first-order chi connectivity index (χ1) is 10.4. The first kappa shape index (κ1) is 16.3. The predicted octanol–water partition coefficient (Wildman–Crippen LogP) is 2.39. The lowest BCUT2D eigenvalue weighted by atomic mass is 10.1. The molecule has 1 heterocycles. The number of hydrogen-bond donors (Lipinski definition) is 1. The van der Waals surface area contributed by atoms with E-state index in [9.17, 15) is 9.59 Å². The van der Waals surface area contributed by atoms with Crippen LogP contribution in [0, 0.1) is 12.8 Å². The van der Waals surface area contributed by atoms with Gasteiger partial charge in [0.2, 0.25) is 0 Å². The molecule has 1 aromatic rings. The van der Waals surface area contributed by atoms with Crippen LogP contribution in [0.1, 0.15) is 35.7 Å². The van der Waals surface area contributed by atoms with E-state index in [2.05, 4.69) is 4.90 Å². The van der Waals surface area contributed by atoms with Gasteiger partial charge in [0, 0.05) is 32.4 Å². The van der Waals surface area contributed by atoms with Crippen molar-refractivity contribution in [2.45, 2.75) is 26.7 Å². The molecule has 0 radical (unpaired) electrons. The Morgan fingerprint density at radius 1 is 1.32 bits per heavy atom. The fourth-order valence-electron chi connectivity index (χ4n) is 2.83. The molecular formula is C17H24N2O3. The molecule has 0 bridgehead atoms. The number of carboxylic acid groups (broad SMARTS) is 1. The van der Waals surface area contributed by atoms with Crippen LogP contribution in [0.15, 0.2) is 18.2 Å². The number of nitrogens with zero attached hydrogens (tertiary/aromatic N) is 2. The van der Waals surface area contributed by atoms with Crippen molar-refractivity contribution in [1.29, 1.82) is 0 Å². The van der Waals surface area contributed by atoms with Crippen LogP contribution in [0.5, 0.6) is 0 Å². The van der Waals surface area contributed by atoms with Crippen LogP contribution in [0.4, 0.5) is 5.69 Å². The molecule has 120 valence electrons. The summed E-state index contributed by atoms with van der Waals surface area (Å²) < 4.78 is 0. The average molecular weight is 304 g/mol. The van der Waals surface area contributed by atoms with Crippen molar-refractivity contribution in [3.8, 4) is 0 Å². The third-order valence-electron chi connectivity index (χ3n) is 4.15. The van der Waals surface area contributed by atoms with E-state index in [-0.39, 0.29) is 12.5 Å². The van der Waals surface area contributed by atoms with Crippen molar-refractivity contribution in [3.05, 3.63) is 29.3 Å². The number of hydrogen-bond acceptors (Lipinski definition) is 3. The fraction of sp³-hybridized carbons (Fsp3) is 0.529. The third kappa shape index (κ3) is 3.59. The van der Waals surface area contributed by atoms with Gasteiger partial charge in [-0.3, -0.25) is 9.59 Å². The maximum Gasteiger partial charge on any atom is 0.308 e. The Morgan fingerprint density at radius 2 is 1.95 bits per heavy atom. The summed E-state index contributed by atoms with van der Waals surface area (Å²) in [6.45, 7) is 5.73. The highest BCUT2D eigenvalue weighted by atomic mass is 16.4. The van der Waals surface area contributed by atoms with Crippen molar-refractivity contribution < 1.29 is 14.7 Å². The smallest absolute Gasteiger partial charge is 0.308 e. The zero-order chi connectivity index (χ0) is 16.3. The van der Waals surface area contributed by atoms with Crippen LogP contribution in [0.2, 0.25) is 0 Å². The number of benzene rings is 1. The van der Waals surface area contributed by atoms with Crippen LogP contribution in [-0.2, 0) is 4.79 Å². The highest BCUT2D eigenvalue weighted by molar-refractivity contribution is 6.00. The molecule has 1 aliphatic heterocycles. The number of aryl methyl sites for hydroxylation is 1. The molecule has 5 nitrogen and oxygen atoms in total. The van der Waals surface area contributed by atoms with Gasteiger partial charge in [0.25, 0.3) is 5.91 Å². The summed E-state index contributed by atoms with van der Waals surface area (Å²) in [5, 5.41) is 9.01. The molecule has 5 heteroatoms. The molecule has 0 aromatic heterocycles. The van der Waals surface area contributed by atoms with Crippen LogP contribution < -0.4 is 4.90 Å². The number of aliphatic carboxylic acids is 1. The van der Waals surface area contributed by atoms with Crippen molar-refractivity contribution >= 4 is 17.6 Å². The second kappa shape index (κ2) is 6.81. The molecule has 1 aromatic carbocycles. The van der Waals surface area contributed by atoms with Gasteiger partial charge in [0.1, 0.15) is 0 Å². The van der Waals surface area contributed by atoms with Gasteiger partial charge in [-0.2, -0.15) is 0 Å². The minimum absolute atomic E-state index is 0.112. The Labute approximate surface area is 131 Å². The molecular weight excluding hydrogens is 280 g/mol. The molecule has 22 heavy (non-hydrogen) atoms. The van der Waals surface area contributed by atoms with Crippen molar-refractivity contribution in [3.63, 3.8) is 0 Å². The zero-order valence-electron chi connectivity index (χ0n) is 13.5. The second-order valence-electron chi connectivity index (χ2n) is 6.14. The van der Waals surface area contributed by atoms with E-state index in [1.54, 1.807) is 14.0 Å². The maximum absolute atomic E-state index is 12.7. The molecule has 1 amide bonds. The normalized spacial score (nSPS) is 15.7. The van der Waals surface area contributed by atoms with E-state index in [0.29, 0.717) is 5.56 Å². The average Bonchev–Trinajstić information content (AvgIpc) is 3.00. The first-order valence-corrected chi connectivity index (χ1v) is 7.74. The van der Waals surface area contributed by atoms with Gasteiger partial charge < -0.3 is 14.9 Å². The van der Waals surface area contributed by atoms with E-state index in [1.165, 1.54) is 4.90 Å². The number of carbonyl (C=O) groups is 2. The molecule has 1 atom stereocenters. The summed E-state index contributed by atoms with van der Waals surface area (Å²) in [6.07, 6.45) is 2.29. The molecule has 0 aliphatic carbocycles. The maximum atomic E-state index is 12.7. The molecule has 1 N–H and O–H groups in total. The van der Waals surface area contributed by atoms with Crippen molar-refractivity contribution in [1.82, 2.24) is 4.90 Å².